The number of benzene rings is 2. The van der Waals surface area contributed by atoms with E-state index in [2.05, 4.69) is 26.0 Å². The van der Waals surface area contributed by atoms with Gasteiger partial charge in [0.25, 0.3) is 5.56 Å². The number of ether oxygens (including phenoxy) is 2. The van der Waals surface area contributed by atoms with E-state index in [-0.39, 0.29) is 5.56 Å². The monoisotopic (exact) mass is 445 g/mol. The van der Waals surface area contributed by atoms with Crippen LogP contribution in [0.3, 0.4) is 0 Å². The lowest BCUT2D eigenvalue weighted by Gasteiger charge is -2.27. The molecule has 5 rings (SSSR count). The fraction of sp³-hybridized carbons (Fsp3) is 0.320. The number of methoxy groups -OCH3 is 2. The van der Waals surface area contributed by atoms with Gasteiger partial charge in [-0.15, -0.1) is 0 Å². The van der Waals surface area contributed by atoms with E-state index in [4.69, 9.17) is 9.47 Å². The maximum absolute atomic E-state index is 13.0. The van der Waals surface area contributed by atoms with Crippen LogP contribution in [0.25, 0.3) is 21.9 Å². The predicted octanol–water partition coefficient (Wildman–Crippen LogP) is 3.76. The summed E-state index contributed by atoms with van der Waals surface area (Å²) in [6, 6.07) is 11.6. The fourth-order valence-electron chi connectivity index (χ4n) is 4.43. The maximum Gasteiger partial charge on any atom is 0.298 e. The molecule has 0 amide bonds. The molecule has 2 aromatic carbocycles. The Balaban J connectivity index is 1.45. The summed E-state index contributed by atoms with van der Waals surface area (Å²) in [7, 11) is 3.31. The van der Waals surface area contributed by atoms with Crippen LogP contribution in [0.1, 0.15) is 30.4 Å². The van der Waals surface area contributed by atoms with Crippen molar-refractivity contribution < 1.29 is 9.47 Å². The van der Waals surface area contributed by atoms with Gasteiger partial charge in [-0.3, -0.25) is 9.69 Å². The zero-order valence-electron chi connectivity index (χ0n) is 18.9. The van der Waals surface area contributed by atoms with Crippen molar-refractivity contribution in [3.05, 3.63) is 64.2 Å². The number of H-pyrrole nitrogens is 1. The fourth-order valence-corrected chi connectivity index (χ4v) is 4.43. The van der Waals surface area contributed by atoms with Crippen LogP contribution >= 0.6 is 0 Å². The average Bonchev–Trinajstić information content (AvgIpc) is 3.23. The summed E-state index contributed by atoms with van der Waals surface area (Å²) < 4.78 is 12.1. The van der Waals surface area contributed by atoms with Crippen LogP contribution in [-0.4, -0.2) is 53.1 Å². The van der Waals surface area contributed by atoms with Crippen LogP contribution in [0.15, 0.2) is 52.6 Å². The first-order valence-electron chi connectivity index (χ1n) is 11.2. The summed E-state index contributed by atoms with van der Waals surface area (Å²) in [5, 5.41) is 5.26. The van der Waals surface area contributed by atoms with Crippen molar-refractivity contribution in [1.29, 1.82) is 0 Å². The standard InChI is InChI=1S/C25H27N5O3/c1-32-19-7-8-20-21(13-19)28-24-23(20)26-16-30(25(24)31)27-14-17-6-9-22(33-2)18(12-17)15-29-10-4-3-5-11-29/h6-9,12-14,16,28H,3-5,10-11,15H2,1-2H3. The van der Waals surface area contributed by atoms with Crippen molar-refractivity contribution >= 4 is 28.2 Å². The van der Waals surface area contributed by atoms with Crippen molar-refractivity contribution in [2.75, 3.05) is 27.3 Å². The topological polar surface area (TPSA) is 84.7 Å². The highest BCUT2D eigenvalue weighted by Crippen LogP contribution is 2.25. The van der Waals surface area contributed by atoms with Gasteiger partial charge >= 0.3 is 0 Å². The zero-order valence-corrected chi connectivity index (χ0v) is 18.9. The van der Waals surface area contributed by atoms with Gasteiger partial charge in [0.2, 0.25) is 0 Å². The minimum Gasteiger partial charge on any atom is -0.497 e. The summed E-state index contributed by atoms with van der Waals surface area (Å²) in [6.45, 7) is 3.06. The summed E-state index contributed by atoms with van der Waals surface area (Å²) in [6.07, 6.45) is 6.92. The number of nitrogens with zero attached hydrogens (tertiary/aromatic N) is 4. The Morgan fingerprint density at radius 3 is 2.73 bits per heavy atom. The Morgan fingerprint density at radius 1 is 1.09 bits per heavy atom. The molecule has 0 saturated carbocycles. The molecular formula is C25H27N5O3. The van der Waals surface area contributed by atoms with Crippen LogP contribution in [0.2, 0.25) is 0 Å². The van der Waals surface area contributed by atoms with Crippen LogP contribution in [0, 0.1) is 0 Å². The Kier molecular flexibility index (Phi) is 5.83. The number of aromatic amines is 1. The highest BCUT2D eigenvalue weighted by Gasteiger charge is 2.14. The second-order valence-corrected chi connectivity index (χ2v) is 8.31. The first kappa shape index (κ1) is 21.2. The minimum atomic E-state index is -0.256. The number of likely N-dealkylation sites (tertiary alicyclic amines) is 1. The van der Waals surface area contributed by atoms with Gasteiger partial charge < -0.3 is 14.5 Å². The molecule has 0 unspecified atom stereocenters. The van der Waals surface area contributed by atoms with E-state index in [0.717, 1.165) is 47.4 Å². The number of hydrogen-bond acceptors (Lipinski definition) is 6. The molecule has 1 N–H and O–H groups in total. The lowest BCUT2D eigenvalue weighted by atomic mass is 10.1. The molecule has 1 saturated heterocycles. The molecule has 3 heterocycles. The lowest BCUT2D eigenvalue weighted by Crippen LogP contribution is -2.29. The van der Waals surface area contributed by atoms with Crippen molar-refractivity contribution in [1.82, 2.24) is 19.5 Å². The van der Waals surface area contributed by atoms with Crippen LogP contribution in [0.4, 0.5) is 0 Å². The predicted molar refractivity (Wildman–Crippen MR) is 130 cm³/mol. The van der Waals surface area contributed by atoms with Gasteiger partial charge in [0.05, 0.1) is 26.0 Å². The molecule has 0 bridgehead atoms. The molecule has 8 nitrogen and oxygen atoms in total. The third-order valence-corrected chi connectivity index (χ3v) is 6.17. The summed E-state index contributed by atoms with van der Waals surface area (Å²) >= 11 is 0. The van der Waals surface area contributed by atoms with E-state index in [9.17, 15) is 4.79 Å². The van der Waals surface area contributed by atoms with Gasteiger partial charge in [0.1, 0.15) is 28.9 Å². The number of fused-ring (bicyclic) bond motifs is 3. The molecule has 170 valence electrons. The number of rotatable bonds is 6. The van der Waals surface area contributed by atoms with Gasteiger partial charge in [-0.2, -0.15) is 9.78 Å². The van der Waals surface area contributed by atoms with Crippen LogP contribution in [-0.2, 0) is 6.54 Å². The average molecular weight is 446 g/mol. The molecule has 0 spiro atoms. The van der Waals surface area contributed by atoms with Crippen LogP contribution < -0.4 is 15.0 Å². The quantitative estimate of drug-likeness (QED) is 0.457. The number of aromatic nitrogens is 3. The van der Waals surface area contributed by atoms with E-state index in [1.807, 2.05) is 30.3 Å². The Labute approximate surface area is 191 Å². The molecular weight excluding hydrogens is 418 g/mol. The third-order valence-electron chi connectivity index (χ3n) is 6.17. The van der Waals surface area contributed by atoms with E-state index in [1.54, 1.807) is 20.4 Å². The Bertz CT molecular complexity index is 1380. The van der Waals surface area contributed by atoms with E-state index in [0.29, 0.717) is 16.8 Å². The largest absolute Gasteiger partial charge is 0.497 e. The zero-order chi connectivity index (χ0) is 22.8. The highest BCUT2D eigenvalue weighted by molar-refractivity contribution is 6.04. The van der Waals surface area contributed by atoms with Gasteiger partial charge in [0, 0.05) is 23.6 Å². The highest BCUT2D eigenvalue weighted by atomic mass is 16.5. The SMILES string of the molecule is COc1ccc2c(c1)[nH]c1c(=O)n(N=Cc3ccc(OC)c(CN4CCCCC4)c3)cnc12. The molecule has 4 aromatic rings. The van der Waals surface area contributed by atoms with Crippen molar-refractivity contribution in [3.8, 4) is 11.5 Å². The number of hydrogen-bond donors (Lipinski definition) is 1. The third kappa shape index (κ3) is 4.21. The second-order valence-electron chi connectivity index (χ2n) is 8.31. The van der Waals surface area contributed by atoms with Gasteiger partial charge in [-0.05, 0) is 61.8 Å². The summed E-state index contributed by atoms with van der Waals surface area (Å²) in [5.74, 6) is 1.58. The van der Waals surface area contributed by atoms with E-state index in [1.165, 1.54) is 30.3 Å². The van der Waals surface area contributed by atoms with Crippen molar-refractivity contribution in [2.45, 2.75) is 25.8 Å². The van der Waals surface area contributed by atoms with E-state index < -0.39 is 0 Å². The minimum absolute atomic E-state index is 0.256. The van der Waals surface area contributed by atoms with Gasteiger partial charge in [-0.25, -0.2) is 4.98 Å². The molecule has 2 aromatic heterocycles. The van der Waals surface area contributed by atoms with Crippen LogP contribution in [0.5, 0.6) is 11.5 Å². The first-order valence-corrected chi connectivity index (χ1v) is 11.2. The van der Waals surface area contributed by atoms with Gasteiger partial charge in [0.15, 0.2) is 0 Å². The molecule has 0 aliphatic carbocycles. The second kappa shape index (κ2) is 9.07. The summed E-state index contributed by atoms with van der Waals surface area (Å²) in [5.41, 5.74) is 3.60. The number of piperidine rings is 1. The molecule has 8 heteroatoms. The molecule has 0 radical (unpaired) electrons. The Hall–Kier alpha value is -3.65. The van der Waals surface area contributed by atoms with Crippen molar-refractivity contribution in [3.63, 3.8) is 0 Å². The molecule has 1 aliphatic rings. The van der Waals surface area contributed by atoms with Crippen molar-refractivity contribution in [2.24, 2.45) is 5.10 Å². The molecule has 1 aliphatic heterocycles. The molecule has 0 atom stereocenters. The molecule has 1 fully saturated rings. The number of nitrogens with one attached hydrogen (secondary N) is 1. The normalized spacial score (nSPS) is 15.0. The van der Waals surface area contributed by atoms with Gasteiger partial charge in [-0.1, -0.05) is 6.42 Å². The maximum atomic E-state index is 13.0. The molecule has 33 heavy (non-hydrogen) atoms. The van der Waals surface area contributed by atoms with E-state index >= 15 is 0 Å². The summed E-state index contributed by atoms with van der Waals surface area (Å²) in [4.78, 5) is 23.1. The Morgan fingerprint density at radius 2 is 1.94 bits per heavy atom. The lowest BCUT2D eigenvalue weighted by molar-refractivity contribution is 0.218. The first-order chi connectivity index (χ1) is 16.2. The smallest absolute Gasteiger partial charge is 0.298 e.